The molecule has 84 valence electrons. The Kier molecular flexibility index (Phi) is 4.08. The average molecular weight is 289 g/mol. The average Bonchev–Trinajstić information content (AvgIpc) is 2.88. The molecule has 0 saturated carbocycles. The number of Topliss-reactive ketones (excluding diaryl/α,β-unsaturated/α-hetero) is 1. The van der Waals surface area contributed by atoms with Gasteiger partial charge in [0.05, 0.1) is 18.7 Å². The highest BCUT2D eigenvalue weighted by atomic mass is 35.5. The van der Waals surface area contributed by atoms with Crippen molar-refractivity contribution in [1.82, 2.24) is 0 Å². The minimum absolute atomic E-state index is 0.0617. The van der Waals surface area contributed by atoms with E-state index >= 15 is 0 Å². The van der Waals surface area contributed by atoms with Gasteiger partial charge in [0.15, 0.2) is 5.78 Å². The van der Waals surface area contributed by atoms with Crippen LogP contribution in [0.1, 0.15) is 16.6 Å². The number of halogens is 1. The lowest BCUT2D eigenvalue weighted by Crippen LogP contribution is -2.11. The van der Waals surface area contributed by atoms with Gasteiger partial charge in [-0.15, -0.1) is 34.4 Å². The van der Waals surface area contributed by atoms with Gasteiger partial charge >= 0.3 is 0 Å². The van der Waals surface area contributed by atoms with E-state index in [1.807, 2.05) is 24.4 Å². The van der Waals surface area contributed by atoms with E-state index in [9.17, 15) is 4.79 Å². The van der Waals surface area contributed by atoms with Crippen molar-refractivity contribution in [3.05, 3.63) is 38.9 Å². The third-order valence-corrected chi connectivity index (χ3v) is 5.39. The first-order valence-corrected chi connectivity index (χ1v) is 7.62. The van der Waals surface area contributed by atoms with Crippen molar-refractivity contribution < 1.29 is 4.79 Å². The highest BCUT2D eigenvalue weighted by Gasteiger charge is 2.18. The Labute approximate surface area is 111 Å². The van der Waals surface area contributed by atoms with Crippen molar-refractivity contribution in [2.75, 3.05) is 0 Å². The lowest BCUT2D eigenvalue weighted by molar-refractivity contribution is 0.0998. The molecule has 0 N–H and O–H groups in total. The van der Waals surface area contributed by atoms with Gasteiger partial charge < -0.3 is 0 Å². The Morgan fingerprint density at radius 2 is 2.25 bits per heavy atom. The molecular weight excluding hydrogens is 280 g/mol. The SMILES string of the molecule is CC(Sc1cccs1)C(=O)c1ccc(Cl)s1. The number of carbonyl (C=O) groups is 1. The fraction of sp³-hybridized carbons (Fsp3) is 0.182. The molecule has 0 spiro atoms. The molecule has 16 heavy (non-hydrogen) atoms. The monoisotopic (exact) mass is 288 g/mol. The van der Waals surface area contributed by atoms with E-state index in [1.54, 1.807) is 35.2 Å². The van der Waals surface area contributed by atoms with Crippen molar-refractivity contribution in [2.45, 2.75) is 16.4 Å². The summed E-state index contributed by atoms with van der Waals surface area (Å²) in [6, 6.07) is 7.58. The van der Waals surface area contributed by atoms with Crippen molar-refractivity contribution in [3.63, 3.8) is 0 Å². The van der Waals surface area contributed by atoms with Crippen LogP contribution in [0.15, 0.2) is 33.9 Å². The topological polar surface area (TPSA) is 17.1 Å². The summed E-state index contributed by atoms with van der Waals surface area (Å²) in [7, 11) is 0. The first-order chi connectivity index (χ1) is 7.66. The number of carbonyl (C=O) groups excluding carboxylic acids is 1. The van der Waals surface area contributed by atoms with Gasteiger partial charge in [0.2, 0.25) is 0 Å². The molecule has 0 saturated heterocycles. The number of ketones is 1. The lowest BCUT2D eigenvalue weighted by Gasteiger charge is -2.06. The summed E-state index contributed by atoms with van der Waals surface area (Å²) in [4.78, 5) is 12.8. The predicted octanol–water partition coefficient (Wildman–Crippen LogP) is 4.83. The molecule has 0 amide bonds. The minimum Gasteiger partial charge on any atom is -0.292 e. The number of thiophene rings is 2. The highest BCUT2D eigenvalue weighted by Crippen LogP contribution is 2.31. The van der Waals surface area contributed by atoms with Gasteiger partial charge in [-0.1, -0.05) is 17.7 Å². The molecule has 0 aliphatic rings. The van der Waals surface area contributed by atoms with Crippen LogP contribution in [0.2, 0.25) is 4.34 Å². The molecule has 0 aliphatic heterocycles. The smallest absolute Gasteiger partial charge is 0.185 e. The summed E-state index contributed by atoms with van der Waals surface area (Å²) in [5.74, 6) is 0.148. The number of hydrogen-bond acceptors (Lipinski definition) is 4. The second-order valence-corrected chi connectivity index (χ2v) is 7.46. The van der Waals surface area contributed by atoms with Crippen LogP contribution in [0, 0.1) is 0 Å². The fourth-order valence-corrected chi connectivity index (χ4v) is 4.36. The lowest BCUT2D eigenvalue weighted by atomic mass is 10.2. The third kappa shape index (κ3) is 2.88. The maximum Gasteiger partial charge on any atom is 0.185 e. The maximum absolute atomic E-state index is 12.0. The van der Waals surface area contributed by atoms with E-state index in [4.69, 9.17) is 11.6 Å². The van der Waals surface area contributed by atoms with E-state index in [0.29, 0.717) is 4.34 Å². The standard InChI is InChI=1S/C11H9ClOS3/c1-7(15-10-3-2-6-14-10)11(13)8-4-5-9(12)16-8/h2-7H,1H3. The van der Waals surface area contributed by atoms with Gasteiger partial charge in [0.1, 0.15) is 0 Å². The molecular formula is C11H9ClOS3. The van der Waals surface area contributed by atoms with Crippen LogP contribution in [-0.4, -0.2) is 11.0 Å². The van der Waals surface area contributed by atoms with E-state index in [1.165, 1.54) is 15.5 Å². The Balaban J connectivity index is 2.05. The first-order valence-electron chi connectivity index (χ1n) is 4.66. The van der Waals surface area contributed by atoms with E-state index < -0.39 is 0 Å². The van der Waals surface area contributed by atoms with E-state index in [-0.39, 0.29) is 11.0 Å². The number of rotatable bonds is 4. The molecule has 0 aromatic carbocycles. The Hall–Kier alpha value is -0.290. The Morgan fingerprint density at radius 1 is 1.44 bits per heavy atom. The normalized spacial score (nSPS) is 12.6. The molecule has 0 radical (unpaired) electrons. The minimum atomic E-state index is -0.0617. The summed E-state index contributed by atoms with van der Waals surface area (Å²) >= 11 is 10.4. The molecule has 0 fully saturated rings. The van der Waals surface area contributed by atoms with Crippen LogP contribution in [0.25, 0.3) is 0 Å². The Bertz CT molecular complexity index is 475. The van der Waals surface area contributed by atoms with Gasteiger partial charge in [-0.05, 0) is 30.5 Å². The molecule has 1 nitrogen and oxygen atoms in total. The zero-order chi connectivity index (χ0) is 11.5. The second-order valence-electron chi connectivity index (χ2n) is 3.16. The van der Waals surface area contributed by atoms with E-state index in [0.717, 1.165) is 4.88 Å². The van der Waals surface area contributed by atoms with Crippen LogP contribution < -0.4 is 0 Å². The molecule has 2 aromatic heterocycles. The summed E-state index contributed by atoms with van der Waals surface area (Å²) in [6.07, 6.45) is 0. The molecule has 2 heterocycles. The summed E-state index contributed by atoms with van der Waals surface area (Å²) in [5.41, 5.74) is 0. The molecule has 1 atom stereocenters. The second kappa shape index (κ2) is 5.36. The van der Waals surface area contributed by atoms with Crippen LogP contribution in [-0.2, 0) is 0 Å². The third-order valence-electron chi connectivity index (χ3n) is 1.97. The molecule has 0 bridgehead atoms. The quantitative estimate of drug-likeness (QED) is 0.592. The van der Waals surface area contributed by atoms with Crippen molar-refractivity contribution in [3.8, 4) is 0 Å². The van der Waals surface area contributed by atoms with Crippen LogP contribution >= 0.6 is 46.0 Å². The first kappa shape index (κ1) is 12.2. The largest absolute Gasteiger partial charge is 0.292 e. The van der Waals surface area contributed by atoms with E-state index in [2.05, 4.69) is 0 Å². The van der Waals surface area contributed by atoms with Gasteiger partial charge in [0.25, 0.3) is 0 Å². The Morgan fingerprint density at radius 3 is 2.81 bits per heavy atom. The number of hydrogen-bond donors (Lipinski definition) is 0. The van der Waals surface area contributed by atoms with Crippen LogP contribution in [0.4, 0.5) is 0 Å². The van der Waals surface area contributed by atoms with Gasteiger partial charge in [-0.25, -0.2) is 0 Å². The van der Waals surface area contributed by atoms with Crippen LogP contribution in [0.5, 0.6) is 0 Å². The zero-order valence-electron chi connectivity index (χ0n) is 8.48. The van der Waals surface area contributed by atoms with Gasteiger partial charge in [-0.3, -0.25) is 4.79 Å². The summed E-state index contributed by atoms with van der Waals surface area (Å²) in [6.45, 7) is 1.93. The molecule has 1 unspecified atom stereocenters. The zero-order valence-corrected chi connectivity index (χ0v) is 11.7. The molecule has 2 aromatic rings. The van der Waals surface area contributed by atoms with Crippen molar-refractivity contribution >= 4 is 51.8 Å². The highest BCUT2D eigenvalue weighted by molar-refractivity contribution is 8.02. The summed E-state index contributed by atoms with van der Waals surface area (Å²) in [5, 5.41) is 1.95. The summed E-state index contributed by atoms with van der Waals surface area (Å²) < 4.78 is 1.83. The van der Waals surface area contributed by atoms with Crippen LogP contribution in [0.3, 0.4) is 0 Å². The number of thioether (sulfide) groups is 1. The van der Waals surface area contributed by atoms with Crippen molar-refractivity contribution in [2.24, 2.45) is 0 Å². The predicted molar refractivity (Wildman–Crippen MR) is 73.3 cm³/mol. The maximum atomic E-state index is 12.0. The van der Waals surface area contributed by atoms with Crippen molar-refractivity contribution in [1.29, 1.82) is 0 Å². The molecule has 2 rings (SSSR count). The van der Waals surface area contributed by atoms with Gasteiger partial charge in [-0.2, -0.15) is 0 Å². The molecule has 5 heteroatoms. The fourth-order valence-electron chi connectivity index (χ4n) is 1.21. The van der Waals surface area contributed by atoms with Gasteiger partial charge in [0, 0.05) is 0 Å². The molecule has 0 aliphatic carbocycles.